The van der Waals surface area contributed by atoms with Crippen LogP contribution >= 0.6 is 0 Å². The second kappa shape index (κ2) is 5.48. The first-order valence-corrected chi connectivity index (χ1v) is 5.19. The summed E-state index contributed by atoms with van der Waals surface area (Å²) in [5.41, 5.74) is 1.11. The number of rotatable bonds is 5. The van der Waals surface area contributed by atoms with E-state index in [1.165, 1.54) is 0 Å². The fourth-order valence-corrected chi connectivity index (χ4v) is 1.36. The Morgan fingerprint density at radius 2 is 2.07 bits per heavy atom. The van der Waals surface area contributed by atoms with E-state index < -0.39 is 0 Å². The Morgan fingerprint density at radius 1 is 1.36 bits per heavy atom. The van der Waals surface area contributed by atoms with Crippen molar-refractivity contribution < 1.29 is 4.74 Å². The lowest BCUT2D eigenvalue weighted by Gasteiger charge is -2.15. The molecule has 0 atom stereocenters. The molecule has 1 aromatic rings. The van der Waals surface area contributed by atoms with Crippen molar-refractivity contribution >= 4 is 6.08 Å². The highest BCUT2D eigenvalue weighted by Gasteiger charge is 2.04. The van der Waals surface area contributed by atoms with Crippen LogP contribution in [0, 0.1) is 0 Å². The van der Waals surface area contributed by atoms with E-state index in [9.17, 15) is 0 Å². The van der Waals surface area contributed by atoms with Crippen LogP contribution in [0.3, 0.4) is 0 Å². The van der Waals surface area contributed by atoms with Crippen molar-refractivity contribution in [2.24, 2.45) is 0 Å². The Bertz CT molecular complexity index is 287. The Hall–Kier alpha value is -1.24. The van der Waals surface area contributed by atoms with Gasteiger partial charge in [0.25, 0.3) is 0 Å². The van der Waals surface area contributed by atoms with Crippen molar-refractivity contribution in [2.45, 2.75) is 32.8 Å². The van der Waals surface area contributed by atoms with Gasteiger partial charge in [-0.15, -0.1) is 0 Å². The second-order valence-electron chi connectivity index (χ2n) is 3.33. The van der Waals surface area contributed by atoms with Crippen molar-refractivity contribution in [3.05, 3.63) is 36.4 Å². The van der Waals surface area contributed by atoms with Crippen LogP contribution in [0.4, 0.5) is 0 Å². The Morgan fingerprint density at radius 3 is 2.64 bits per heavy atom. The third kappa shape index (κ3) is 2.91. The molecule has 0 aliphatic heterocycles. The molecule has 14 heavy (non-hydrogen) atoms. The minimum atomic E-state index is 0.329. The van der Waals surface area contributed by atoms with Gasteiger partial charge in [-0.1, -0.05) is 38.6 Å². The molecule has 0 bridgehead atoms. The quantitative estimate of drug-likeness (QED) is 0.684. The molecule has 0 saturated carbocycles. The smallest absolute Gasteiger partial charge is 0.120 e. The predicted molar refractivity (Wildman–Crippen MR) is 61.5 cm³/mol. The largest absolute Gasteiger partial charge is 0.490 e. The van der Waals surface area contributed by atoms with E-state index in [1.807, 2.05) is 30.3 Å². The summed E-state index contributed by atoms with van der Waals surface area (Å²) in [6, 6.07) is 8.03. The van der Waals surface area contributed by atoms with Gasteiger partial charge in [0, 0.05) is 0 Å². The molecule has 0 radical (unpaired) electrons. The van der Waals surface area contributed by atoms with Crippen LogP contribution < -0.4 is 4.74 Å². The number of ether oxygens (including phenoxy) is 1. The van der Waals surface area contributed by atoms with Gasteiger partial charge in [-0.25, -0.2) is 0 Å². The molecule has 0 spiro atoms. The standard InChI is InChI=1S/C13H18O/c1-4-11-8-7-9-13(10-11)14-12(5-2)6-3/h4,7-10,12H,1,5-6H2,2-3H3. The molecule has 0 amide bonds. The van der Waals surface area contributed by atoms with Gasteiger partial charge in [-0.2, -0.15) is 0 Å². The minimum absolute atomic E-state index is 0.329. The fraction of sp³-hybridized carbons (Fsp3) is 0.385. The summed E-state index contributed by atoms with van der Waals surface area (Å²) >= 11 is 0. The average molecular weight is 190 g/mol. The zero-order valence-corrected chi connectivity index (χ0v) is 8.99. The highest BCUT2D eigenvalue weighted by Crippen LogP contribution is 2.17. The molecule has 76 valence electrons. The maximum Gasteiger partial charge on any atom is 0.120 e. The van der Waals surface area contributed by atoms with Gasteiger partial charge in [0.15, 0.2) is 0 Å². The lowest BCUT2D eigenvalue weighted by molar-refractivity contribution is 0.193. The van der Waals surface area contributed by atoms with Gasteiger partial charge < -0.3 is 4.74 Å². The normalized spacial score (nSPS) is 10.2. The summed E-state index contributed by atoms with van der Waals surface area (Å²) in [6.07, 6.45) is 4.26. The molecule has 0 unspecified atom stereocenters. The van der Waals surface area contributed by atoms with Crippen LogP contribution in [0.2, 0.25) is 0 Å². The van der Waals surface area contributed by atoms with E-state index in [0.29, 0.717) is 6.10 Å². The Kier molecular flexibility index (Phi) is 4.24. The summed E-state index contributed by atoms with van der Waals surface area (Å²) in [7, 11) is 0. The third-order valence-electron chi connectivity index (χ3n) is 2.31. The second-order valence-corrected chi connectivity index (χ2v) is 3.33. The molecule has 0 fully saturated rings. The zero-order chi connectivity index (χ0) is 10.4. The van der Waals surface area contributed by atoms with Gasteiger partial charge >= 0.3 is 0 Å². The van der Waals surface area contributed by atoms with Crippen molar-refractivity contribution in [1.29, 1.82) is 0 Å². The van der Waals surface area contributed by atoms with Gasteiger partial charge in [0.1, 0.15) is 5.75 Å². The van der Waals surface area contributed by atoms with Crippen LogP contribution in [0.5, 0.6) is 5.75 Å². The number of hydrogen-bond acceptors (Lipinski definition) is 1. The lowest BCUT2D eigenvalue weighted by Crippen LogP contribution is -2.13. The molecule has 0 heterocycles. The molecule has 0 aliphatic carbocycles. The average Bonchev–Trinajstić information content (AvgIpc) is 2.26. The molecule has 0 aromatic heterocycles. The van der Waals surface area contributed by atoms with Gasteiger partial charge in [-0.3, -0.25) is 0 Å². The summed E-state index contributed by atoms with van der Waals surface area (Å²) in [5, 5.41) is 0. The number of benzene rings is 1. The van der Waals surface area contributed by atoms with Gasteiger partial charge in [-0.05, 0) is 30.5 Å². The van der Waals surface area contributed by atoms with E-state index in [-0.39, 0.29) is 0 Å². The monoisotopic (exact) mass is 190 g/mol. The molecule has 1 rings (SSSR count). The van der Waals surface area contributed by atoms with Gasteiger partial charge in [0.2, 0.25) is 0 Å². The molecule has 0 saturated heterocycles. The molecule has 1 nitrogen and oxygen atoms in total. The summed E-state index contributed by atoms with van der Waals surface area (Å²) in [4.78, 5) is 0. The topological polar surface area (TPSA) is 9.23 Å². The third-order valence-corrected chi connectivity index (χ3v) is 2.31. The lowest BCUT2D eigenvalue weighted by atomic mass is 10.2. The van der Waals surface area contributed by atoms with Crippen LogP contribution in [-0.4, -0.2) is 6.10 Å². The first kappa shape index (κ1) is 10.8. The van der Waals surface area contributed by atoms with Crippen LogP contribution in [0.15, 0.2) is 30.8 Å². The van der Waals surface area contributed by atoms with Crippen LogP contribution in [-0.2, 0) is 0 Å². The molecule has 1 heteroatoms. The first-order valence-electron chi connectivity index (χ1n) is 5.19. The van der Waals surface area contributed by atoms with Crippen molar-refractivity contribution in [3.63, 3.8) is 0 Å². The maximum absolute atomic E-state index is 5.81. The summed E-state index contributed by atoms with van der Waals surface area (Å²) < 4.78 is 5.81. The van der Waals surface area contributed by atoms with E-state index >= 15 is 0 Å². The molecule has 0 aliphatic rings. The molecular weight excluding hydrogens is 172 g/mol. The van der Waals surface area contributed by atoms with E-state index in [0.717, 1.165) is 24.2 Å². The summed E-state index contributed by atoms with van der Waals surface area (Å²) in [6.45, 7) is 8.02. The maximum atomic E-state index is 5.81. The molecular formula is C13H18O. The summed E-state index contributed by atoms with van der Waals surface area (Å²) in [5.74, 6) is 0.941. The molecule has 0 N–H and O–H groups in total. The first-order chi connectivity index (χ1) is 6.80. The van der Waals surface area contributed by atoms with E-state index in [2.05, 4.69) is 20.4 Å². The van der Waals surface area contributed by atoms with Crippen LogP contribution in [0.25, 0.3) is 6.08 Å². The van der Waals surface area contributed by atoms with E-state index in [4.69, 9.17) is 4.74 Å². The van der Waals surface area contributed by atoms with Crippen molar-refractivity contribution in [1.82, 2.24) is 0 Å². The van der Waals surface area contributed by atoms with Crippen molar-refractivity contribution in [2.75, 3.05) is 0 Å². The Balaban J connectivity index is 2.70. The van der Waals surface area contributed by atoms with Gasteiger partial charge in [0.05, 0.1) is 6.10 Å². The van der Waals surface area contributed by atoms with Crippen LogP contribution in [0.1, 0.15) is 32.3 Å². The highest BCUT2D eigenvalue weighted by atomic mass is 16.5. The molecule has 1 aromatic carbocycles. The minimum Gasteiger partial charge on any atom is -0.490 e. The van der Waals surface area contributed by atoms with E-state index in [1.54, 1.807) is 0 Å². The zero-order valence-electron chi connectivity index (χ0n) is 8.99. The highest BCUT2D eigenvalue weighted by molar-refractivity contribution is 5.49. The fourth-order valence-electron chi connectivity index (χ4n) is 1.36. The SMILES string of the molecule is C=Cc1cccc(OC(CC)CC)c1. The van der Waals surface area contributed by atoms with Crippen molar-refractivity contribution in [3.8, 4) is 5.75 Å². The number of hydrogen-bond donors (Lipinski definition) is 0. The predicted octanol–water partition coefficient (Wildman–Crippen LogP) is 3.90. The Labute approximate surface area is 86.4 Å².